The SMILES string of the molecule is COCC1[C@H](C2CCC([C@@H]3C(COC)[C@H]4C=C[C@@H]3C4)C2)[C@H]2C=C[C@@H]1C2. The first kappa shape index (κ1) is 16.6. The zero-order chi connectivity index (χ0) is 17.0. The summed E-state index contributed by atoms with van der Waals surface area (Å²) in [6.07, 6.45) is 17.3. The normalized spacial score (nSPS) is 52.7. The molecule has 0 spiro atoms. The van der Waals surface area contributed by atoms with Gasteiger partial charge < -0.3 is 9.47 Å². The summed E-state index contributed by atoms with van der Waals surface area (Å²) in [5.74, 6) is 8.57. The highest BCUT2D eigenvalue weighted by atomic mass is 16.5. The van der Waals surface area contributed by atoms with Crippen LogP contribution in [-0.2, 0) is 9.47 Å². The molecule has 3 saturated carbocycles. The van der Waals surface area contributed by atoms with Gasteiger partial charge in [-0.05, 0) is 91.3 Å². The van der Waals surface area contributed by atoms with E-state index in [1.54, 1.807) is 0 Å². The maximum atomic E-state index is 5.62. The smallest absolute Gasteiger partial charge is 0.0499 e. The van der Waals surface area contributed by atoms with Gasteiger partial charge in [-0.25, -0.2) is 0 Å². The quantitative estimate of drug-likeness (QED) is 0.658. The molecule has 0 saturated heterocycles. The van der Waals surface area contributed by atoms with E-state index in [1.807, 2.05) is 14.2 Å². The highest BCUT2D eigenvalue weighted by molar-refractivity contribution is 5.17. The molecule has 0 aromatic heterocycles. The average Bonchev–Trinajstić information content (AvgIpc) is 3.41. The summed E-state index contributed by atoms with van der Waals surface area (Å²) in [6, 6.07) is 0. The fourth-order valence-corrected chi connectivity index (χ4v) is 7.93. The second-order valence-corrected chi connectivity index (χ2v) is 9.62. The topological polar surface area (TPSA) is 18.5 Å². The maximum absolute atomic E-state index is 5.62. The van der Waals surface area contributed by atoms with E-state index < -0.39 is 0 Å². The van der Waals surface area contributed by atoms with Crippen LogP contribution in [0.25, 0.3) is 0 Å². The van der Waals surface area contributed by atoms with Gasteiger partial charge in [0.05, 0.1) is 0 Å². The van der Waals surface area contributed by atoms with Crippen molar-refractivity contribution in [3.05, 3.63) is 24.3 Å². The van der Waals surface area contributed by atoms with E-state index in [4.69, 9.17) is 9.47 Å². The molecule has 4 bridgehead atoms. The van der Waals surface area contributed by atoms with Crippen molar-refractivity contribution in [2.45, 2.75) is 32.1 Å². The fourth-order valence-electron chi connectivity index (χ4n) is 7.93. The fraction of sp³-hybridized carbons (Fsp3) is 0.826. The van der Waals surface area contributed by atoms with Crippen LogP contribution in [0.2, 0.25) is 0 Å². The van der Waals surface area contributed by atoms with Crippen LogP contribution in [-0.4, -0.2) is 27.4 Å². The van der Waals surface area contributed by atoms with Gasteiger partial charge >= 0.3 is 0 Å². The molecule has 5 rings (SSSR count). The van der Waals surface area contributed by atoms with Crippen LogP contribution in [0.5, 0.6) is 0 Å². The number of hydrogen-bond acceptors (Lipinski definition) is 2. The van der Waals surface area contributed by atoms with Gasteiger partial charge in [-0.1, -0.05) is 24.3 Å². The highest BCUT2D eigenvalue weighted by Crippen LogP contribution is 2.59. The molecule has 5 aliphatic rings. The molecule has 5 aliphatic carbocycles. The van der Waals surface area contributed by atoms with Gasteiger partial charge in [-0.3, -0.25) is 0 Å². The molecule has 0 aliphatic heterocycles. The minimum absolute atomic E-state index is 0.790. The summed E-state index contributed by atoms with van der Waals surface area (Å²) >= 11 is 0. The molecular formula is C23H34O2. The highest BCUT2D eigenvalue weighted by Gasteiger charge is 2.53. The molecule has 0 N–H and O–H groups in total. The zero-order valence-corrected chi connectivity index (χ0v) is 15.8. The third-order valence-electron chi connectivity index (χ3n) is 8.70. The van der Waals surface area contributed by atoms with Gasteiger partial charge in [0.1, 0.15) is 0 Å². The Morgan fingerprint density at radius 3 is 1.52 bits per heavy atom. The summed E-state index contributed by atoms with van der Waals surface area (Å²) in [6.45, 7) is 1.95. The van der Waals surface area contributed by atoms with Gasteiger partial charge in [-0.2, -0.15) is 0 Å². The van der Waals surface area contributed by atoms with Crippen molar-refractivity contribution in [1.29, 1.82) is 0 Å². The van der Waals surface area contributed by atoms with Gasteiger partial charge in [0.25, 0.3) is 0 Å². The second-order valence-electron chi connectivity index (χ2n) is 9.62. The molecule has 4 unspecified atom stereocenters. The zero-order valence-electron chi connectivity index (χ0n) is 15.8. The van der Waals surface area contributed by atoms with Gasteiger partial charge in [0.2, 0.25) is 0 Å². The molecule has 3 fully saturated rings. The summed E-state index contributed by atoms with van der Waals surface area (Å²) in [7, 11) is 3.78. The maximum Gasteiger partial charge on any atom is 0.0499 e. The van der Waals surface area contributed by atoms with E-state index in [2.05, 4.69) is 24.3 Å². The first-order valence-electron chi connectivity index (χ1n) is 10.6. The van der Waals surface area contributed by atoms with E-state index in [-0.39, 0.29) is 0 Å². The number of fused-ring (bicyclic) bond motifs is 4. The van der Waals surface area contributed by atoms with E-state index in [9.17, 15) is 0 Å². The molecule has 138 valence electrons. The van der Waals surface area contributed by atoms with E-state index in [0.717, 1.165) is 72.4 Å². The van der Waals surface area contributed by atoms with Crippen molar-refractivity contribution < 1.29 is 9.47 Å². The average molecular weight is 343 g/mol. The lowest BCUT2D eigenvalue weighted by Crippen LogP contribution is -2.31. The van der Waals surface area contributed by atoms with Crippen molar-refractivity contribution in [2.24, 2.45) is 59.2 Å². The summed E-state index contributed by atoms with van der Waals surface area (Å²) in [4.78, 5) is 0. The number of rotatable bonds is 6. The predicted octanol–water partition coefficient (Wildman–Crippen LogP) is 4.57. The first-order valence-corrected chi connectivity index (χ1v) is 10.6. The van der Waals surface area contributed by atoms with Crippen LogP contribution < -0.4 is 0 Å². The molecule has 0 aromatic carbocycles. The Balaban J connectivity index is 1.30. The Morgan fingerprint density at radius 2 is 1.08 bits per heavy atom. The van der Waals surface area contributed by atoms with Gasteiger partial charge in [0.15, 0.2) is 0 Å². The van der Waals surface area contributed by atoms with Crippen molar-refractivity contribution in [3.8, 4) is 0 Å². The second kappa shape index (κ2) is 6.53. The molecular weight excluding hydrogens is 308 g/mol. The Kier molecular flexibility index (Phi) is 4.33. The third kappa shape index (κ3) is 2.58. The van der Waals surface area contributed by atoms with Crippen LogP contribution in [0.1, 0.15) is 32.1 Å². The summed E-state index contributed by atoms with van der Waals surface area (Å²) in [5.41, 5.74) is 0. The summed E-state index contributed by atoms with van der Waals surface area (Å²) < 4.78 is 11.2. The van der Waals surface area contributed by atoms with Crippen LogP contribution in [0, 0.1) is 59.2 Å². The van der Waals surface area contributed by atoms with Crippen LogP contribution in [0.15, 0.2) is 24.3 Å². The lowest BCUT2D eigenvalue weighted by Gasteiger charge is -2.35. The Labute approximate surface area is 153 Å². The standard InChI is InChI=1S/C23H34O2/c1-24-12-20-14-3-5-16(9-14)22(20)18-7-8-19(11-18)23-17-6-4-15(10-17)21(23)13-25-2/h3-6,14-23H,7-13H2,1-2H3/t14-,15+,16+,17-,18?,19?,20?,21?,22+,23-. The van der Waals surface area contributed by atoms with Crippen LogP contribution >= 0.6 is 0 Å². The molecule has 10 atom stereocenters. The monoisotopic (exact) mass is 342 g/mol. The number of methoxy groups -OCH3 is 2. The molecule has 25 heavy (non-hydrogen) atoms. The first-order chi connectivity index (χ1) is 12.3. The molecule has 0 aromatic rings. The number of ether oxygens (including phenoxy) is 2. The molecule has 0 heterocycles. The Bertz CT molecular complexity index is 504. The minimum atomic E-state index is 0.790. The van der Waals surface area contributed by atoms with Crippen molar-refractivity contribution in [3.63, 3.8) is 0 Å². The van der Waals surface area contributed by atoms with E-state index in [0.29, 0.717) is 0 Å². The number of hydrogen-bond donors (Lipinski definition) is 0. The Hall–Kier alpha value is -0.600. The summed E-state index contributed by atoms with van der Waals surface area (Å²) in [5, 5.41) is 0. The lowest BCUT2D eigenvalue weighted by molar-refractivity contribution is 0.0762. The predicted molar refractivity (Wildman–Crippen MR) is 100 cm³/mol. The minimum Gasteiger partial charge on any atom is -0.384 e. The lowest BCUT2D eigenvalue weighted by atomic mass is 9.71. The molecule has 2 nitrogen and oxygen atoms in total. The molecule has 2 heteroatoms. The van der Waals surface area contributed by atoms with Gasteiger partial charge in [-0.15, -0.1) is 0 Å². The van der Waals surface area contributed by atoms with Crippen LogP contribution in [0.3, 0.4) is 0 Å². The van der Waals surface area contributed by atoms with Crippen molar-refractivity contribution in [1.82, 2.24) is 0 Å². The molecule has 0 amide bonds. The molecule has 0 radical (unpaired) electrons. The van der Waals surface area contributed by atoms with Crippen molar-refractivity contribution in [2.75, 3.05) is 27.4 Å². The van der Waals surface area contributed by atoms with E-state index in [1.165, 1.54) is 32.1 Å². The Morgan fingerprint density at radius 1 is 0.640 bits per heavy atom. The van der Waals surface area contributed by atoms with E-state index >= 15 is 0 Å². The van der Waals surface area contributed by atoms with Gasteiger partial charge in [0, 0.05) is 27.4 Å². The third-order valence-corrected chi connectivity index (χ3v) is 8.70. The van der Waals surface area contributed by atoms with Crippen molar-refractivity contribution >= 4 is 0 Å². The van der Waals surface area contributed by atoms with Crippen LogP contribution in [0.4, 0.5) is 0 Å². The largest absolute Gasteiger partial charge is 0.384 e. The number of allylic oxidation sites excluding steroid dienone is 4.